The van der Waals surface area contributed by atoms with Crippen LogP contribution in [0.4, 0.5) is 0 Å². The first-order valence-corrected chi connectivity index (χ1v) is 9.89. The monoisotopic (exact) mass is 371 g/mol. The van der Waals surface area contributed by atoms with Crippen LogP contribution < -0.4 is 0 Å². The Morgan fingerprint density at radius 2 is 2.22 bits per heavy atom. The van der Waals surface area contributed by atoms with Crippen molar-refractivity contribution in [1.29, 1.82) is 0 Å². The minimum atomic E-state index is -0.497. The molecular formula is C19H25N5O3. The summed E-state index contributed by atoms with van der Waals surface area (Å²) in [6, 6.07) is -0.371. The molecule has 2 aromatic heterocycles. The molecule has 1 amide bonds. The fourth-order valence-corrected chi connectivity index (χ4v) is 4.91. The summed E-state index contributed by atoms with van der Waals surface area (Å²) in [4.78, 5) is 23.4. The summed E-state index contributed by atoms with van der Waals surface area (Å²) in [5.41, 5.74) is 0. The van der Waals surface area contributed by atoms with Crippen molar-refractivity contribution in [1.82, 2.24) is 24.6 Å². The highest BCUT2D eigenvalue weighted by Crippen LogP contribution is 2.56. The number of amides is 1. The van der Waals surface area contributed by atoms with Gasteiger partial charge in [-0.2, -0.15) is 4.98 Å². The Balaban J connectivity index is 1.47. The second kappa shape index (κ2) is 6.44. The van der Waals surface area contributed by atoms with E-state index in [2.05, 4.69) is 10.1 Å². The fraction of sp³-hybridized carbons (Fsp3) is 0.684. The maximum atomic E-state index is 12.4. The van der Waals surface area contributed by atoms with Crippen LogP contribution in [0.15, 0.2) is 16.9 Å². The summed E-state index contributed by atoms with van der Waals surface area (Å²) in [6.45, 7) is 2.56. The van der Waals surface area contributed by atoms with Crippen molar-refractivity contribution < 1.29 is 14.1 Å². The zero-order valence-electron chi connectivity index (χ0n) is 15.7. The van der Waals surface area contributed by atoms with Gasteiger partial charge in [0, 0.05) is 31.9 Å². The van der Waals surface area contributed by atoms with Gasteiger partial charge in [0.25, 0.3) is 5.89 Å². The van der Waals surface area contributed by atoms with Crippen LogP contribution in [-0.4, -0.2) is 43.7 Å². The number of aryl methyl sites for hydroxylation is 1. The van der Waals surface area contributed by atoms with E-state index in [9.17, 15) is 4.79 Å². The number of hydrogen-bond acceptors (Lipinski definition) is 6. The molecule has 27 heavy (non-hydrogen) atoms. The highest BCUT2D eigenvalue weighted by molar-refractivity contribution is 5.78. The highest BCUT2D eigenvalue weighted by Gasteiger charge is 2.48. The van der Waals surface area contributed by atoms with Gasteiger partial charge in [-0.25, -0.2) is 4.98 Å². The van der Waals surface area contributed by atoms with Gasteiger partial charge in [0.05, 0.1) is 0 Å². The first-order chi connectivity index (χ1) is 13.2. The third kappa shape index (κ3) is 2.77. The number of hydrogen-bond donors (Lipinski definition) is 0. The molecule has 0 radical (unpaired) electrons. The molecule has 8 nitrogen and oxygen atoms in total. The van der Waals surface area contributed by atoms with Gasteiger partial charge in [0.1, 0.15) is 18.5 Å². The van der Waals surface area contributed by atoms with Crippen molar-refractivity contribution in [2.75, 3.05) is 13.2 Å². The summed E-state index contributed by atoms with van der Waals surface area (Å²) in [7, 11) is 1.92. The van der Waals surface area contributed by atoms with E-state index in [0.29, 0.717) is 18.4 Å². The van der Waals surface area contributed by atoms with Gasteiger partial charge in [0.15, 0.2) is 11.9 Å². The lowest BCUT2D eigenvalue weighted by molar-refractivity contribution is -0.161. The number of rotatable bonds is 4. The minimum Gasteiger partial charge on any atom is -0.356 e. The van der Waals surface area contributed by atoms with Gasteiger partial charge in [-0.05, 0) is 31.6 Å². The Labute approximate surface area is 157 Å². The third-order valence-electron chi connectivity index (χ3n) is 6.41. The van der Waals surface area contributed by atoms with Crippen LogP contribution >= 0.6 is 0 Å². The Hall–Kier alpha value is -2.22. The molecule has 2 aliphatic carbocycles. The van der Waals surface area contributed by atoms with Crippen molar-refractivity contribution in [2.45, 2.75) is 50.7 Å². The molecule has 3 unspecified atom stereocenters. The van der Waals surface area contributed by atoms with Crippen molar-refractivity contribution in [3.63, 3.8) is 0 Å². The number of morpholine rings is 1. The number of likely N-dealkylation sites (N-methyl/N-ethyl adjacent to an activating group) is 1. The van der Waals surface area contributed by atoms with Gasteiger partial charge in [-0.15, -0.1) is 0 Å². The van der Waals surface area contributed by atoms with Crippen molar-refractivity contribution >= 4 is 5.91 Å². The van der Waals surface area contributed by atoms with E-state index in [-0.39, 0.29) is 18.6 Å². The molecule has 0 N–H and O–H groups in total. The molecule has 5 rings (SSSR count). The van der Waals surface area contributed by atoms with E-state index >= 15 is 0 Å². The number of carbonyl (C=O) groups excluding carboxylic acids is 1. The topological polar surface area (TPSA) is 86.3 Å². The number of ether oxygens (including phenoxy) is 1. The Morgan fingerprint density at radius 3 is 3.00 bits per heavy atom. The number of carbonyl (C=O) groups is 1. The fourth-order valence-electron chi connectivity index (χ4n) is 4.91. The number of nitrogens with zero attached hydrogens (tertiary/aromatic N) is 5. The highest BCUT2D eigenvalue weighted by atomic mass is 16.5. The molecule has 0 spiro atoms. The number of aromatic nitrogens is 4. The van der Waals surface area contributed by atoms with Crippen LogP contribution in [0.5, 0.6) is 0 Å². The smallest absolute Gasteiger partial charge is 0.258 e. The van der Waals surface area contributed by atoms with E-state index in [1.807, 2.05) is 24.7 Å². The standard InChI is InChI=1S/C19H25N5O3/c1-3-24-14(25)10-26-16(15(24)18-20-7-8-23(18)2)19-21-17(22-27-19)12-6-4-5-11-9-13(11)12/h7-8,11-13,15-16H,3-6,9-10H2,1-2H3/t11?,12?,13?,15-,16-/m0/s1. The molecule has 5 atom stereocenters. The minimum absolute atomic E-state index is 0.0191. The van der Waals surface area contributed by atoms with Gasteiger partial charge in [-0.1, -0.05) is 18.0 Å². The first kappa shape index (κ1) is 16.9. The van der Waals surface area contributed by atoms with E-state index in [0.717, 1.165) is 29.9 Å². The summed E-state index contributed by atoms with van der Waals surface area (Å²) in [6.07, 6.45) is 8.11. The molecule has 2 saturated carbocycles. The van der Waals surface area contributed by atoms with Crippen LogP contribution in [0.1, 0.15) is 68.2 Å². The van der Waals surface area contributed by atoms with Gasteiger partial charge >= 0.3 is 0 Å². The molecule has 8 heteroatoms. The summed E-state index contributed by atoms with van der Waals surface area (Å²) in [5, 5.41) is 4.30. The van der Waals surface area contributed by atoms with Crippen LogP contribution in [0.25, 0.3) is 0 Å². The van der Waals surface area contributed by atoms with E-state index in [4.69, 9.17) is 14.2 Å². The quantitative estimate of drug-likeness (QED) is 0.820. The second-order valence-corrected chi connectivity index (χ2v) is 7.94. The summed E-state index contributed by atoms with van der Waals surface area (Å²) < 4.78 is 13.5. The normalized spacial score (nSPS) is 33.2. The van der Waals surface area contributed by atoms with Crippen molar-refractivity contribution in [3.05, 3.63) is 29.9 Å². The lowest BCUT2D eigenvalue weighted by atomic mass is 9.88. The van der Waals surface area contributed by atoms with E-state index < -0.39 is 6.10 Å². The third-order valence-corrected chi connectivity index (χ3v) is 6.41. The maximum Gasteiger partial charge on any atom is 0.258 e. The van der Waals surface area contributed by atoms with Crippen molar-refractivity contribution in [2.24, 2.45) is 18.9 Å². The first-order valence-electron chi connectivity index (χ1n) is 9.89. The summed E-state index contributed by atoms with van der Waals surface area (Å²) in [5.74, 6) is 3.94. The summed E-state index contributed by atoms with van der Waals surface area (Å²) >= 11 is 0. The molecular weight excluding hydrogens is 346 g/mol. The Bertz CT molecular complexity index is 846. The number of fused-ring (bicyclic) bond motifs is 1. The largest absolute Gasteiger partial charge is 0.356 e. The van der Waals surface area contributed by atoms with Crippen LogP contribution in [0, 0.1) is 11.8 Å². The predicted molar refractivity (Wildman–Crippen MR) is 94.5 cm³/mol. The molecule has 2 aromatic rings. The molecule has 3 heterocycles. The molecule has 0 aromatic carbocycles. The van der Waals surface area contributed by atoms with Crippen LogP contribution in [0.2, 0.25) is 0 Å². The van der Waals surface area contributed by atoms with E-state index in [1.165, 1.54) is 19.3 Å². The molecule has 3 aliphatic rings. The molecule has 1 aliphatic heterocycles. The van der Waals surface area contributed by atoms with Crippen LogP contribution in [-0.2, 0) is 16.6 Å². The van der Waals surface area contributed by atoms with Crippen molar-refractivity contribution in [3.8, 4) is 0 Å². The predicted octanol–water partition coefficient (Wildman–Crippen LogP) is 2.37. The lowest BCUT2D eigenvalue weighted by Crippen LogP contribution is -2.46. The van der Waals surface area contributed by atoms with Gasteiger partial charge in [0.2, 0.25) is 5.91 Å². The number of imidazole rings is 1. The van der Waals surface area contributed by atoms with Gasteiger partial charge < -0.3 is 18.7 Å². The maximum absolute atomic E-state index is 12.4. The molecule has 3 fully saturated rings. The molecule has 144 valence electrons. The molecule has 1 saturated heterocycles. The molecule has 0 bridgehead atoms. The van der Waals surface area contributed by atoms with E-state index in [1.54, 1.807) is 11.1 Å². The lowest BCUT2D eigenvalue weighted by Gasteiger charge is -2.38. The second-order valence-electron chi connectivity index (χ2n) is 7.94. The zero-order valence-corrected chi connectivity index (χ0v) is 15.7. The Kier molecular flexibility index (Phi) is 4.03. The average Bonchev–Trinajstić information content (AvgIpc) is 3.10. The SMILES string of the molecule is CCN1C(=O)CO[C@H](c2nc(C3CCCC4CC43)no2)[C@H]1c1nccn1C. The zero-order chi connectivity index (χ0) is 18.5. The average molecular weight is 371 g/mol. The Morgan fingerprint density at radius 1 is 1.33 bits per heavy atom. The van der Waals surface area contributed by atoms with Gasteiger partial charge in [-0.3, -0.25) is 4.79 Å². The van der Waals surface area contributed by atoms with Crippen LogP contribution in [0.3, 0.4) is 0 Å².